The molecule has 2 nitrogen and oxygen atoms in total. The number of aromatic nitrogens is 2. The minimum absolute atomic E-state index is 0.977. The predicted octanol–water partition coefficient (Wildman–Crippen LogP) is 7.28. The maximum absolute atomic E-state index is 4.66. The van der Waals surface area contributed by atoms with E-state index in [1.165, 1.54) is 61.6 Å². The average Bonchev–Trinajstić information content (AvgIpc) is 2.77. The summed E-state index contributed by atoms with van der Waals surface area (Å²) in [5, 5.41) is 0. The van der Waals surface area contributed by atoms with Crippen LogP contribution in [0.1, 0.15) is 63.5 Å². The van der Waals surface area contributed by atoms with Gasteiger partial charge in [0.15, 0.2) is 0 Å². The average molecular weight is 373 g/mol. The standard InChI is InChI=1S/C26H32N2/c1-3-5-6-7-8-9-10-22-11-14-23(15-12-22)25-18-16-24(20-28-25)26-17-13-21(4-2)19-27-26/h11-20H,3-10H2,1-2H3. The van der Waals surface area contributed by atoms with E-state index in [0.29, 0.717) is 0 Å². The molecular weight excluding hydrogens is 340 g/mol. The van der Waals surface area contributed by atoms with Crippen molar-refractivity contribution in [1.29, 1.82) is 0 Å². The lowest BCUT2D eigenvalue weighted by Gasteiger charge is -2.06. The molecule has 0 saturated heterocycles. The Bertz CT molecular complexity index is 818. The van der Waals surface area contributed by atoms with Crippen molar-refractivity contribution in [2.75, 3.05) is 0 Å². The van der Waals surface area contributed by atoms with Crippen molar-refractivity contribution in [2.24, 2.45) is 0 Å². The molecule has 0 N–H and O–H groups in total. The van der Waals surface area contributed by atoms with Crippen LogP contribution >= 0.6 is 0 Å². The van der Waals surface area contributed by atoms with Gasteiger partial charge in [0, 0.05) is 23.5 Å². The lowest BCUT2D eigenvalue weighted by molar-refractivity contribution is 0.607. The molecule has 0 radical (unpaired) electrons. The molecule has 0 bridgehead atoms. The zero-order valence-corrected chi connectivity index (χ0v) is 17.3. The molecule has 146 valence electrons. The first kappa shape index (κ1) is 20.3. The number of rotatable bonds is 10. The normalized spacial score (nSPS) is 10.9. The van der Waals surface area contributed by atoms with Gasteiger partial charge in [0.25, 0.3) is 0 Å². The highest BCUT2D eigenvalue weighted by Crippen LogP contribution is 2.22. The quantitative estimate of drug-likeness (QED) is 0.350. The number of pyridine rings is 2. The highest BCUT2D eigenvalue weighted by atomic mass is 14.7. The van der Waals surface area contributed by atoms with Crippen LogP contribution in [0.5, 0.6) is 0 Å². The van der Waals surface area contributed by atoms with E-state index >= 15 is 0 Å². The minimum Gasteiger partial charge on any atom is -0.256 e. The molecule has 0 saturated carbocycles. The van der Waals surface area contributed by atoms with Gasteiger partial charge in [-0.2, -0.15) is 0 Å². The number of benzene rings is 1. The summed E-state index contributed by atoms with van der Waals surface area (Å²) in [7, 11) is 0. The third-order valence-corrected chi connectivity index (χ3v) is 5.36. The summed E-state index contributed by atoms with van der Waals surface area (Å²) in [6.07, 6.45) is 14.2. The van der Waals surface area contributed by atoms with Crippen molar-refractivity contribution >= 4 is 0 Å². The fourth-order valence-electron chi connectivity index (χ4n) is 3.47. The molecule has 2 aromatic heterocycles. The van der Waals surface area contributed by atoms with Gasteiger partial charge in [0.05, 0.1) is 11.4 Å². The molecule has 2 heteroatoms. The number of aryl methyl sites for hydroxylation is 2. The number of hydrogen-bond donors (Lipinski definition) is 0. The molecule has 3 rings (SSSR count). The van der Waals surface area contributed by atoms with Gasteiger partial charge >= 0.3 is 0 Å². The molecule has 1 aromatic carbocycles. The Morgan fingerprint density at radius 3 is 1.82 bits per heavy atom. The summed E-state index contributed by atoms with van der Waals surface area (Å²) in [4.78, 5) is 9.21. The SMILES string of the molecule is CCCCCCCCc1ccc(-c2ccc(-c3ccc(CC)cn3)cn2)cc1. The van der Waals surface area contributed by atoms with Crippen LogP contribution < -0.4 is 0 Å². The largest absolute Gasteiger partial charge is 0.256 e. The van der Waals surface area contributed by atoms with Crippen LogP contribution in [0.15, 0.2) is 60.9 Å². The summed E-state index contributed by atoms with van der Waals surface area (Å²) in [6.45, 7) is 4.41. The first-order valence-corrected chi connectivity index (χ1v) is 10.8. The van der Waals surface area contributed by atoms with Crippen LogP contribution in [-0.4, -0.2) is 9.97 Å². The fraction of sp³-hybridized carbons (Fsp3) is 0.385. The van der Waals surface area contributed by atoms with E-state index in [9.17, 15) is 0 Å². The van der Waals surface area contributed by atoms with Crippen LogP contribution in [0, 0.1) is 0 Å². The van der Waals surface area contributed by atoms with Gasteiger partial charge < -0.3 is 0 Å². The summed E-state index contributed by atoms with van der Waals surface area (Å²) in [6, 6.07) is 17.3. The van der Waals surface area contributed by atoms with Crippen molar-refractivity contribution in [1.82, 2.24) is 9.97 Å². The summed E-state index contributed by atoms with van der Waals surface area (Å²) < 4.78 is 0. The van der Waals surface area contributed by atoms with Crippen LogP contribution in [0.4, 0.5) is 0 Å². The van der Waals surface area contributed by atoms with E-state index in [1.807, 2.05) is 12.4 Å². The summed E-state index contributed by atoms with van der Waals surface area (Å²) in [5.74, 6) is 0. The number of hydrogen-bond acceptors (Lipinski definition) is 2. The van der Waals surface area contributed by atoms with Crippen molar-refractivity contribution in [2.45, 2.75) is 65.2 Å². The fourth-order valence-corrected chi connectivity index (χ4v) is 3.47. The summed E-state index contributed by atoms with van der Waals surface area (Å²) >= 11 is 0. The molecule has 0 aliphatic heterocycles. The number of nitrogens with zero attached hydrogens (tertiary/aromatic N) is 2. The zero-order chi connectivity index (χ0) is 19.6. The van der Waals surface area contributed by atoms with Gasteiger partial charge in [-0.1, -0.05) is 76.3 Å². The van der Waals surface area contributed by atoms with E-state index in [0.717, 1.165) is 23.4 Å². The first-order valence-electron chi connectivity index (χ1n) is 10.8. The Labute approximate surface area is 170 Å². The van der Waals surface area contributed by atoms with Crippen molar-refractivity contribution in [3.05, 3.63) is 72.1 Å². The molecule has 3 aromatic rings. The van der Waals surface area contributed by atoms with Gasteiger partial charge in [-0.3, -0.25) is 9.97 Å². The van der Waals surface area contributed by atoms with E-state index in [1.54, 1.807) is 0 Å². The highest BCUT2D eigenvalue weighted by Gasteiger charge is 2.04. The minimum atomic E-state index is 0.977. The van der Waals surface area contributed by atoms with E-state index in [4.69, 9.17) is 0 Å². The Morgan fingerprint density at radius 2 is 1.18 bits per heavy atom. The van der Waals surface area contributed by atoms with E-state index in [-0.39, 0.29) is 0 Å². The van der Waals surface area contributed by atoms with Gasteiger partial charge in [-0.25, -0.2) is 0 Å². The number of unbranched alkanes of at least 4 members (excludes halogenated alkanes) is 5. The Morgan fingerprint density at radius 1 is 0.571 bits per heavy atom. The predicted molar refractivity (Wildman–Crippen MR) is 119 cm³/mol. The first-order chi connectivity index (χ1) is 13.8. The highest BCUT2D eigenvalue weighted by molar-refractivity contribution is 5.64. The van der Waals surface area contributed by atoms with Crippen LogP contribution in [0.25, 0.3) is 22.5 Å². The third kappa shape index (κ3) is 5.76. The monoisotopic (exact) mass is 372 g/mol. The molecule has 0 amide bonds. The topological polar surface area (TPSA) is 25.8 Å². The Hall–Kier alpha value is -2.48. The molecule has 0 aliphatic carbocycles. The molecule has 28 heavy (non-hydrogen) atoms. The van der Waals surface area contributed by atoms with Gasteiger partial charge in [-0.15, -0.1) is 0 Å². The Kier molecular flexibility index (Phi) is 7.78. The van der Waals surface area contributed by atoms with Gasteiger partial charge in [0.1, 0.15) is 0 Å². The zero-order valence-electron chi connectivity index (χ0n) is 17.3. The van der Waals surface area contributed by atoms with Crippen LogP contribution in [0.2, 0.25) is 0 Å². The molecule has 0 aliphatic rings. The van der Waals surface area contributed by atoms with Crippen molar-refractivity contribution in [3.63, 3.8) is 0 Å². The lowest BCUT2D eigenvalue weighted by Crippen LogP contribution is -1.90. The van der Waals surface area contributed by atoms with Crippen LogP contribution in [0.3, 0.4) is 0 Å². The van der Waals surface area contributed by atoms with Crippen molar-refractivity contribution in [3.8, 4) is 22.5 Å². The van der Waals surface area contributed by atoms with Gasteiger partial charge in [-0.05, 0) is 48.6 Å². The second-order valence-electron chi connectivity index (χ2n) is 7.55. The molecule has 0 unspecified atom stereocenters. The van der Waals surface area contributed by atoms with Crippen molar-refractivity contribution < 1.29 is 0 Å². The second-order valence-corrected chi connectivity index (χ2v) is 7.55. The molecule has 2 heterocycles. The van der Waals surface area contributed by atoms with Crippen LogP contribution in [-0.2, 0) is 12.8 Å². The molecule has 0 atom stereocenters. The summed E-state index contributed by atoms with van der Waals surface area (Å²) in [5.41, 5.74) is 6.91. The lowest BCUT2D eigenvalue weighted by atomic mass is 10.0. The third-order valence-electron chi connectivity index (χ3n) is 5.36. The van der Waals surface area contributed by atoms with E-state index in [2.05, 4.69) is 72.3 Å². The molecule has 0 fully saturated rings. The van der Waals surface area contributed by atoms with E-state index < -0.39 is 0 Å². The van der Waals surface area contributed by atoms with Gasteiger partial charge in [0.2, 0.25) is 0 Å². The maximum atomic E-state index is 4.66. The Balaban J connectivity index is 1.56. The second kappa shape index (κ2) is 10.8. The smallest absolute Gasteiger partial charge is 0.0717 e. The molecular formula is C26H32N2. The molecule has 0 spiro atoms. The maximum Gasteiger partial charge on any atom is 0.0717 e.